The minimum absolute atomic E-state index is 0.594. The molecule has 0 N–H and O–H groups in total. The maximum atomic E-state index is 9.66. The summed E-state index contributed by atoms with van der Waals surface area (Å²) in [5.74, 6) is 0. The van der Waals surface area contributed by atoms with Gasteiger partial charge in [0.05, 0.1) is 37.7 Å². The number of fused-ring (bicyclic) bond motifs is 10. The standard InChI is InChI=1S/C56H40N4O2Si/c1-35-14-20-38(21-15-35)59(40-24-18-37(58-2)19-25-40)49-31-53-55(45-12-8-6-10-43(45)49)47-30-48-52(33-51(47)61-53)62-54-32-50(44-11-7-9-13-46(44)56(48)54)60(39-22-16-36(34-57)17-23-39)41-26-28-42(29-27-41)63(3,4)5/h6-33H,1,3-5H3. The SMILES string of the molecule is [C-]#[N+]c1ccc(N(c2ccc(C)cc2)c2cc3oc4cc5oc6cc(N(c7ccc(C#N)cc7)c7ccc([Si](C)(C)C)cc7)c7ccccc7c6c5cc4c3c3ccccc23)cc1. The van der Waals surface area contributed by atoms with Crippen molar-refractivity contribution < 1.29 is 8.83 Å². The summed E-state index contributed by atoms with van der Waals surface area (Å²) in [6, 6.07) is 61.0. The number of nitrogens with zero attached hydrogens (tertiary/aromatic N) is 4. The molecular weight excluding hydrogens is 789 g/mol. The minimum atomic E-state index is -1.54. The van der Waals surface area contributed by atoms with Gasteiger partial charge in [-0.3, -0.25) is 0 Å². The van der Waals surface area contributed by atoms with Gasteiger partial charge in [0.25, 0.3) is 0 Å². The van der Waals surface area contributed by atoms with Crippen LogP contribution in [0.3, 0.4) is 0 Å². The van der Waals surface area contributed by atoms with E-state index in [1.165, 1.54) is 10.8 Å². The van der Waals surface area contributed by atoms with E-state index in [9.17, 15) is 5.26 Å². The van der Waals surface area contributed by atoms with Crippen molar-refractivity contribution in [3.05, 3.63) is 192 Å². The molecule has 300 valence electrons. The average molecular weight is 829 g/mol. The fourth-order valence-electron chi connectivity index (χ4n) is 9.13. The first-order chi connectivity index (χ1) is 30.7. The first-order valence-corrected chi connectivity index (χ1v) is 24.6. The van der Waals surface area contributed by atoms with Gasteiger partial charge in [0.1, 0.15) is 22.3 Å². The van der Waals surface area contributed by atoms with Crippen molar-refractivity contribution >= 4 is 118 Å². The number of anilines is 6. The molecule has 0 saturated heterocycles. The third kappa shape index (κ3) is 6.29. The summed E-state index contributed by atoms with van der Waals surface area (Å²) in [5.41, 5.74) is 11.3. The Bertz CT molecular complexity index is 3680. The zero-order valence-corrected chi connectivity index (χ0v) is 36.3. The van der Waals surface area contributed by atoms with Crippen molar-refractivity contribution in [2.75, 3.05) is 9.80 Å². The van der Waals surface area contributed by atoms with Crippen molar-refractivity contribution in [1.82, 2.24) is 0 Å². The molecule has 2 aromatic heterocycles. The fraction of sp³-hybridized carbons (Fsp3) is 0.0714. The molecule has 0 amide bonds. The van der Waals surface area contributed by atoms with Gasteiger partial charge in [-0.25, -0.2) is 4.85 Å². The van der Waals surface area contributed by atoms with Crippen LogP contribution in [0.2, 0.25) is 19.6 Å². The first kappa shape index (κ1) is 37.9. The lowest BCUT2D eigenvalue weighted by Gasteiger charge is -2.28. The molecule has 0 aliphatic rings. The minimum Gasteiger partial charge on any atom is -0.456 e. The molecule has 0 radical (unpaired) electrons. The van der Waals surface area contributed by atoms with Crippen LogP contribution in [0.5, 0.6) is 0 Å². The molecule has 6 nitrogen and oxygen atoms in total. The second-order valence-corrected chi connectivity index (χ2v) is 22.3. The normalized spacial score (nSPS) is 11.8. The fourth-order valence-corrected chi connectivity index (χ4v) is 10.3. The number of hydrogen-bond acceptors (Lipinski definition) is 5. The van der Waals surface area contributed by atoms with E-state index < -0.39 is 8.07 Å². The van der Waals surface area contributed by atoms with Gasteiger partial charge in [-0.15, -0.1) is 0 Å². The molecule has 0 aliphatic carbocycles. The molecule has 11 aromatic rings. The smallest absolute Gasteiger partial charge is 0.187 e. The van der Waals surface area contributed by atoms with Crippen LogP contribution in [0.15, 0.2) is 179 Å². The summed E-state index contributed by atoms with van der Waals surface area (Å²) in [6.45, 7) is 16.7. The van der Waals surface area contributed by atoms with Gasteiger partial charge in [0.2, 0.25) is 0 Å². The second kappa shape index (κ2) is 14.5. The Morgan fingerprint density at radius 3 is 1.37 bits per heavy atom. The molecular formula is C56H40N4O2Si. The van der Waals surface area contributed by atoms with E-state index in [1.54, 1.807) is 0 Å². The highest BCUT2D eigenvalue weighted by atomic mass is 28.3. The number of benzene rings is 9. The van der Waals surface area contributed by atoms with Crippen molar-refractivity contribution in [2.45, 2.75) is 26.6 Å². The Morgan fingerprint density at radius 2 is 0.921 bits per heavy atom. The number of nitriles is 1. The van der Waals surface area contributed by atoms with Crippen molar-refractivity contribution in [1.29, 1.82) is 5.26 Å². The predicted octanol–water partition coefficient (Wildman–Crippen LogP) is 16.0. The topological polar surface area (TPSA) is 60.9 Å². The highest BCUT2D eigenvalue weighted by Crippen LogP contribution is 2.48. The molecule has 63 heavy (non-hydrogen) atoms. The summed E-state index contributed by atoms with van der Waals surface area (Å²) in [6.07, 6.45) is 0. The molecule has 0 saturated carbocycles. The quantitative estimate of drug-likeness (QED) is 0.118. The van der Waals surface area contributed by atoms with Gasteiger partial charge < -0.3 is 18.6 Å². The number of hydrogen-bond donors (Lipinski definition) is 0. The summed E-state index contributed by atoms with van der Waals surface area (Å²) in [7, 11) is -1.54. The highest BCUT2D eigenvalue weighted by molar-refractivity contribution is 6.88. The number of rotatable bonds is 7. The number of furan rings is 2. The van der Waals surface area contributed by atoms with E-state index in [0.29, 0.717) is 11.3 Å². The Labute approximate surface area is 365 Å². The van der Waals surface area contributed by atoms with Crippen LogP contribution in [0.1, 0.15) is 11.1 Å². The number of aryl methyl sites for hydroxylation is 1. The lowest BCUT2D eigenvalue weighted by Crippen LogP contribution is -2.37. The Morgan fingerprint density at radius 1 is 0.492 bits per heavy atom. The van der Waals surface area contributed by atoms with E-state index in [2.05, 4.69) is 163 Å². The Balaban J connectivity index is 1.13. The van der Waals surface area contributed by atoms with Gasteiger partial charge >= 0.3 is 0 Å². The van der Waals surface area contributed by atoms with Crippen LogP contribution in [0.4, 0.5) is 39.8 Å². The molecule has 7 heteroatoms. The molecule has 0 bridgehead atoms. The second-order valence-electron chi connectivity index (χ2n) is 17.3. The van der Waals surface area contributed by atoms with Crippen LogP contribution in [0, 0.1) is 24.8 Å². The van der Waals surface area contributed by atoms with Gasteiger partial charge in [-0.2, -0.15) is 5.26 Å². The third-order valence-corrected chi connectivity index (χ3v) is 14.4. The van der Waals surface area contributed by atoms with Crippen LogP contribution in [-0.2, 0) is 0 Å². The largest absolute Gasteiger partial charge is 0.456 e. The monoisotopic (exact) mass is 828 g/mol. The van der Waals surface area contributed by atoms with E-state index in [0.717, 1.165) is 99.5 Å². The van der Waals surface area contributed by atoms with Gasteiger partial charge in [0, 0.05) is 73.3 Å². The Hall–Kier alpha value is -8.10. The highest BCUT2D eigenvalue weighted by Gasteiger charge is 2.25. The Kier molecular flexibility index (Phi) is 8.73. The molecule has 2 heterocycles. The molecule has 0 atom stereocenters. The predicted molar refractivity (Wildman–Crippen MR) is 264 cm³/mol. The van der Waals surface area contributed by atoms with Crippen molar-refractivity contribution in [3.63, 3.8) is 0 Å². The van der Waals surface area contributed by atoms with Crippen LogP contribution < -0.4 is 15.0 Å². The maximum absolute atomic E-state index is 9.66. The van der Waals surface area contributed by atoms with Gasteiger partial charge in [0.15, 0.2) is 5.69 Å². The zero-order chi connectivity index (χ0) is 43.0. The molecule has 0 unspecified atom stereocenters. The van der Waals surface area contributed by atoms with Crippen molar-refractivity contribution in [2.24, 2.45) is 0 Å². The van der Waals surface area contributed by atoms with Crippen molar-refractivity contribution in [3.8, 4) is 6.07 Å². The van der Waals surface area contributed by atoms with Crippen LogP contribution in [0.25, 0.3) is 70.3 Å². The average Bonchev–Trinajstić information content (AvgIpc) is 3.86. The maximum Gasteiger partial charge on any atom is 0.187 e. The van der Waals surface area contributed by atoms with Crippen LogP contribution in [-0.4, -0.2) is 8.07 Å². The molecule has 0 aliphatic heterocycles. The van der Waals surface area contributed by atoms with Gasteiger partial charge in [-0.1, -0.05) is 115 Å². The van der Waals surface area contributed by atoms with E-state index >= 15 is 0 Å². The molecule has 9 aromatic carbocycles. The van der Waals surface area contributed by atoms with E-state index in [-0.39, 0.29) is 0 Å². The molecule has 0 spiro atoms. The molecule has 11 rings (SSSR count). The summed E-state index contributed by atoms with van der Waals surface area (Å²) in [4.78, 5) is 8.16. The third-order valence-electron chi connectivity index (χ3n) is 12.3. The summed E-state index contributed by atoms with van der Waals surface area (Å²) < 4.78 is 13.7. The van der Waals surface area contributed by atoms with E-state index in [4.69, 9.17) is 15.4 Å². The molecule has 0 fully saturated rings. The van der Waals surface area contributed by atoms with Crippen LogP contribution >= 0.6 is 0 Å². The summed E-state index contributed by atoms with van der Waals surface area (Å²) >= 11 is 0. The lowest BCUT2D eigenvalue weighted by atomic mass is 9.98. The summed E-state index contributed by atoms with van der Waals surface area (Å²) in [5, 5.41) is 19.5. The first-order valence-electron chi connectivity index (χ1n) is 21.1. The zero-order valence-electron chi connectivity index (χ0n) is 35.3. The lowest BCUT2D eigenvalue weighted by molar-refractivity contribution is 0.656. The van der Waals surface area contributed by atoms with E-state index in [1.807, 2.05) is 54.6 Å². The van der Waals surface area contributed by atoms with Gasteiger partial charge in [-0.05, 0) is 84.4 Å².